The summed E-state index contributed by atoms with van der Waals surface area (Å²) in [6.45, 7) is 2.35. The maximum absolute atomic E-state index is 9.54. The van der Waals surface area contributed by atoms with Gasteiger partial charge in [0.2, 0.25) is 0 Å². The number of ether oxygens (including phenoxy) is 1. The Labute approximate surface area is 134 Å². The van der Waals surface area contributed by atoms with E-state index >= 15 is 0 Å². The van der Waals surface area contributed by atoms with Gasteiger partial charge in [-0.05, 0) is 42.7 Å². The fourth-order valence-electron chi connectivity index (χ4n) is 2.42. The zero-order valence-corrected chi connectivity index (χ0v) is 13.3. The summed E-state index contributed by atoms with van der Waals surface area (Å²) in [5, 5.41) is 10.5. The summed E-state index contributed by atoms with van der Waals surface area (Å²) >= 11 is 8.07. The number of hydrogen-bond donors (Lipinski definition) is 1. The Morgan fingerprint density at radius 3 is 2.86 bits per heavy atom. The highest BCUT2D eigenvalue weighted by Gasteiger charge is 2.22. The van der Waals surface area contributed by atoms with Crippen molar-refractivity contribution in [3.8, 4) is 5.75 Å². The van der Waals surface area contributed by atoms with E-state index in [1.807, 2.05) is 23.9 Å². The standard InChI is InChI=1S/C17H17ClO2S/c1-11(19)12-6-7-16(15(18)9-12)20-10-14-8-13-4-2-3-5-17(13)21-14/h2-7,9,11,14,19H,8,10H2,1H3/t11-,14?/m0/s1. The van der Waals surface area contributed by atoms with Crippen molar-refractivity contribution in [2.75, 3.05) is 6.61 Å². The minimum absolute atomic E-state index is 0.426. The molecule has 1 aliphatic rings. The van der Waals surface area contributed by atoms with Crippen molar-refractivity contribution in [3.63, 3.8) is 0 Å². The van der Waals surface area contributed by atoms with E-state index in [1.165, 1.54) is 10.5 Å². The maximum atomic E-state index is 9.54. The topological polar surface area (TPSA) is 29.5 Å². The quantitative estimate of drug-likeness (QED) is 0.900. The molecule has 1 heterocycles. The second kappa shape index (κ2) is 6.30. The van der Waals surface area contributed by atoms with Gasteiger partial charge in [-0.15, -0.1) is 11.8 Å². The third kappa shape index (κ3) is 3.37. The van der Waals surface area contributed by atoms with Gasteiger partial charge in [-0.3, -0.25) is 0 Å². The molecule has 0 fully saturated rings. The molecule has 21 heavy (non-hydrogen) atoms. The number of hydrogen-bond acceptors (Lipinski definition) is 3. The van der Waals surface area contributed by atoms with Crippen LogP contribution in [0.4, 0.5) is 0 Å². The molecule has 2 atom stereocenters. The molecule has 0 bridgehead atoms. The maximum Gasteiger partial charge on any atom is 0.137 e. The lowest BCUT2D eigenvalue weighted by Gasteiger charge is -2.13. The first kappa shape index (κ1) is 14.8. The van der Waals surface area contributed by atoms with Crippen LogP contribution in [0.1, 0.15) is 24.2 Å². The van der Waals surface area contributed by atoms with Gasteiger partial charge in [0.25, 0.3) is 0 Å². The van der Waals surface area contributed by atoms with Gasteiger partial charge in [0.1, 0.15) is 12.4 Å². The van der Waals surface area contributed by atoms with Gasteiger partial charge in [0, 0.05) is 10.1 Å². The van der Waals surface area contributed by atoms with Crippen LogP contribution in [0.3, 0.4) is 0 Å². The zero-order valence-electron chi connectivity index (χ0n) is 11.8. The molecule has 0 aliphatic carbocycles. The van der Waals surface area contributed by atoms with Crippen LogP contribution in [0.2, 0.25) is 5.02 Å². The van der Waals surface area contributed by atoms with Crippen molar-refractivity contribution in [3.05, 3.63) is 58.6 Å². The van der Waals surface area contributed by atoms with Crippen molar-refractivity contribution in [2.24, 2.45) is 0 Å². The molecule has 2 aromatic carbocycles. The number of aliphatic hydroxyl groups excluding tert-OH is 1. The summed E-state index contributed by atoms with van der Waals surface area (Å²) in [6.07, 6.45) is 0.515. The lowest BCUT2D eigenvalue weighted by atomic mass is 10.1. The molecule has 4 heteroatoms. The molecule has 1 aliphatic heterocycles. The van der Waals surface area contributed by atoms with E-state index in [-0.39, 0.29) is 0 Å². The van der Waals surface area contributed by atoms with Crippen LogP contribution in [0, 0.1) is 0 Å². The molecular formula is C17H17ClO2S. The molecule has 3 rings (SSSR count). The first-order valence-electron chi connectivity index (χ1n) is 6.98. The predicted octanol–water partition coefficient (Wildman–Crippen LogP) is 4.49. The average Bonchev–Trinajstić information content (AvgIpc) is 2.88. The Balaban J connectivity index is 1.62. The number of halogens is 1. The molecule has 1 unspecified atom stereocenters. The number of aliphatic hydroxyl groups is 1. The Morgan fingerprint density at radius 1 is 1.33 bits per heavy atom. The second-order valence-electron chi connectivity index (χ2n) is 5.23. The van der Waals surface area contributed by atoms with E-state index in [0.29, 0.717) is 22.6 Å². The second-order valence-corrected chi connectivity index (χ2v) is 6.98. The predicted molar refractivity (Wildman–Crippen MR) is 87.4 cm³/mol. The largest absolute Gasteiger partial charge is 0.491 e. The van der Waals surface area contributed by atoms with Crippen LogP contribution < -0.4 is 4.74 Å². The van der Waals surface area contributed by atoms with Crippen molar-refractivity contribution >= 4 is 23.4 Å². The molecular weight excluding hydrogens is 304 g/mol. The molecule has 1 N–H and O–H groups in total. The number of rotatable bonds is 4. The number of fused-ring (bicyclic) bond motifs is 1. The van der Waals surface area contributed by atoms with E-state index < -0.39 is 6.10 Å². The molecule has 0 saturated heterocycles. The van der Waals surface area contributed by atoms with Gasteiger partial charge in [0.05, 0.1) is 11.1 Å². The fraction of sp³-hybridized carbons (Fsp3) is 0.294. The van der Waals surface area contributed by atoms with E-state index in [4.69, 9.17) is 16.3 Å². The van der Waals surface area contributed by atoms with Crippen LogP contribution in [0.25, 0.3) is 0 Å². The van der Waals surface area contributed by atoms with Crippen LogP contribution in [-0.2, 0) is 6.42 Å². The molecule has 0 spiro atoms. The monoisotopic (exact) mass is 320 g/mol. The first-order chi connectivity index (χ1) is 10.1. The summed E-state index contributed by atoms with van der Waals surface area (Å²) < 4.78 is 5.85. The van der Waals surface area contributed by atoms with Crippen LogP contribution in [0.15, 0.2) is 47.4 Å². The molecule has 2 nitrogen and oxygen atoms in total. The SMILES string of the molecule is C[C@H](O)c1ccc(OCC2Cc3ccccc3S2)c(Cl)c1. The van der Waals surface area contributed by atoms with Gasteiger partial charge in [0.15, 0.2) is 0 Å². The molecule has 2 aromatic rings. The smallest absolute Gasteiger partial charge is 0.137 e. The lowest BCUT2D eigenvalue weighted by Crippen LogP contribution is -2.13. The zero-order chi connectivity index (χ0) is 14.8. The highest BCUT2D eigenvalue weighted by atomic mass is 35.5. The van der Waals surface area contributed by atoms with Crippen LogP contribution in [0.5, 0.6) is 5.75 Å². The average molecular weight is 321 g/mol. The van der Waals surface area contributed by atoms with E-state index in [9.17, 15) is 5.11 Å². The highest BCUT2D eigenvalue weighted by Crippen LogP contribution is 2.37. The molecule has 0 saturated carbocycles. The van der Waals surface area contributed by atoms with Crippen molar-refractivity contribution in [1.82, 2.24) is 0 Å². The molecule has 110 valence electrons. The van der Waals surface area contributed by atoms with Crippen LogP contribution >= 0.6 is 23.4 Å². The molecule has 0 radical (unpaired) electrons. The third-order valence-corrected chi connectivity index (χ3v) is 5.16. The van der Waals surface area contributed by atoms with Crippen molar-refractivity contribution in [2.45, 2.75) is 29.6 Å². The Hall–Kier alpha value is -1.16. The lowest BCUT2D eigenvalue weighted by molar-refractivity contribution is 0.199. The minimum atomic E-state index is -0.517. The Kier molecular flexibility index (Phi) is 4.43. The highest BCUT2D eigenvalue weighted by molar-refractivity contribution is 8.00. The number of benzene rings is 2. The summed E-state index contributed by atoms with van der Waals surface area (Å²) in [5.74, 6) is 0.678. The minimum Gasteiger partial charge on any atom is -0.491 e. The summed E-state index contributed by atoms with van der Waals surface area (Å²) in [4.78, 5) is 1.35. The molecule has 0 aromatic heterocycles. The van der Waals surface area contributed by atoms with Gasteiger partial charge >= 0.3 is 0 Å². The normalized spacial score (nSPS) is 18.3. The van der Waals surface area contributed by atoms with Gasteiger partial charge < -0.3 is 9.84 Å². The van der Waals surface area contributed by atoms with E-state index in [1.54, 1.807) is 13.0 Å². The Bertz CT molecular complexity index is 617. The van der Waals surface area contributed by atoms with Crippen molar-refractivity contribution < 1.29 is 9.84 Å². The van der Waals surface area contributed by atoms with Crippen molar-refractivity contribution in [1.29, 1.82) is 0 Å². The Morgan fingerprint density at radius 2 is 2.14 bits per heavy atom. The van der Waals surface area contributed by atoms with Gasteiger partial charge in [-0.1, -0.05) is 35.9 Å². The summed E-state index contributed by atoms with van der Waals surface area (Å²) in [5.41, 5.74) is 2.20. The summed E-state index contributed by atoms with van der Waals surface area (Å²) in [6, 6.07) is 13.9. The van der Waals surface area contributed by atoms with Gasteiger partial charge in [-0.25, -0.2) is 0 Å². The van der Waals surface area contributed by atoms with Crippen LogP contribution in [-0.4, -0.2) is 17.0 Å². The summed E-state index contributed by atoms with van der Waals surface area (Å²) in [7, 11) is 0. The van der Waals surface area contributed by atoms with E-state index in [0.717, 1.165) is 12.0 Å². The molecule has 0 amide bonds. The third-order valence-electron chi connectivity index (χ3n) is 3.58. The first-order valence-corrected chi connectivity index (χ1v) is 8.24. The van der Waals surface area contributed by atoms with Gasteiger partial charge in [-0.2, -0.15) is 0 Å². The fourth-order valence-corrected chi connectivity index (χ4v) is 3.89. The van der Waals surface area contributed by atoms with E-state index in [2.05, 4.69) is 24.3 Å². The number of thioether (sulfide) groups is 1.